The van der Waals surface area contributed by atoms with Crippen LogP contribution in [0.1, 0.15) is 60.1 Å². The van der Waals surface area contributed by atoms with Crippen LogP contribution < -0.4 is 0 Å². The standard InChI is InChI=1S/C17H25N/c1-15-8-7-13-17(11-5-6-12-17)18(15)14-16-9-3-2-4-10-16/h2-4,9-10,15H,5-8,11-14H2,1H3/t15-/m1/s1/i11D2/t15-,17+. The molecule has 2 atom stereocenters. The molecule has 1 heteroatoms. The zero-order valence-corrected chi connectivity index (χ0v) is 11.4. The lowest BCUT2D eigenvalue weighted by molar-refractivity contribution is 0.00247. The van der Waals surface area contributed by atoms with Gasteiger partial charge in [0.25, 0.3) is 0 Å². The highest BCUT2D eigenvalue weighted by atomic mass is 15.2. The van der Waals surface area contributed by atoms with Gasteiger partial charge in [0.05, 0.1) is 0 Å². The molecule has 0 bridgehead atoms. The second kappa shape index (κ2) is 5.05. The van der Waals surface area contributed by atoms with E-state index < -0.39 is 6.37 Å². The van der Waals surface area contributed by atoms with E-state index in [4.69, 9.17) is 2.74 Å². The van der Waals surface area contributed by atoms with Gasteiger partial charge < -0.3 is 0 Å². The van der Waals surface area contributed by atoms with Crippen LogP contribution in [-0.4, -0.2) is 16.5 Å². The fourth-order valence-corrected chi connectivity index (χ4v) is 3.75. The zero-order chi connectivity index (χ0) is 14.2. The molecular formula is C17H25N. The van der Waals surface area contributed by atoms with Crippen LogP contribution in [-0.2, 0) is 6.54 Å². The minimum atomic E-state index is -1.03. The van der Waals surface area contributed by atoms with Gasteiger partial charge in [-0.3, -0.25) is 4.90 Å². The largest absolute Gasteiger partial charge is 0.291 e. The molecule has 1 nitrogen and oxygen atoms in total. The Kier molecular flexibility index (Phi) is 2.81. The molecule has 98 valence electrons. The number of benzene rings is 1. The van der Waals surface area contributed by atoms with Gasteiger partial charge in [0, 0.05) is 20.9 Å². The van der Waals surface area contributed by atoms with Gasteiger partial charge in [-0.2, -0.15) is 0 Å². The highest BCUT2D eigenvalue weighted by Crippen LogP contribution is 2.44. The fraction of sp³-hybridized carbons (Fsp3) is 0.647. The Labute approximate surface area is 114 Å². The smallest absolute Gasteiger partial charge is 0.0286 e. The lowest BCUT2D eigenvalue weighted by Gasteiger charge is -2.49. The summed E-state index contributed by atoms with van der Waals surface area (Å²) in [5.41, 5.74) is 1.09. The predicted molar refractivity (Wildman–Crippen MR) is 76.5 cm³/mol. The van der Waals surface area contributed by atoms with Crippen LogP contribution in [0, 0.1) is 0 Å². The summed E-state index contributed by atoms with van der Waals surface area (Å²) in [6.07, 6.45) is 5.15. The van der Waals surface area contributed by atoms with Crippen LogP contribution in [0.4, 0.5) is 0 Å². The molecule has 0 amide bonds. The van der Waals surface area contributed by atoms with Crippen molar-refractivity contribution >= 4 is 0 Å². The molecule has 1 saturated heterocycles. The molecule has 1 aliphatic carbocycles. The number of piperidine rings is 1. The van der Waals surface area contributed by atoms with Gasteiger partial charge in [-0.25, -0.2) is 0 Å². The van der Waals surface area contributed by atoms with Gasteiger partial charge >= 0.3 is 0 Å². The van der Waals surface area contributed by atoms with E-state index in [2.05, 4.69) is 36.1 Å². The third kappa shape index (κ3) is 2.21. The molecule has 2 aliphatic rings. The van der Waals surface area contributed by atoms with Crippen LogP contribution >= 0.6 is 0 Å². The third-order valence-electron chi connectivity index (χ3n) is 4.71. The van der Waals surface area contributed by atoms with Crippen molar-refractivity contribution in [2.24, 2.45) is 0 Å². The summed E-state index contributed by atoms with van der Waals surface area (Å²) in [6.45, 7) is 3.17. The van der Waals surface area contributed by atoms with Gasteiger partial charge in [0.2, 0.25) is 0 Å². The first-order valence-electron chi connectivity index (χ1n) is 8.36. The number of nitrogens with zero attached hydrogens (tertiary/aromatic N) is 1. The van der Waals surface area contributed by atoms with Crippen LogP contribution in [0.15, 0.2) is 30.3 Å². The average Bonchev–Trinajstić information content (AvgIpc) is 2.71. The maximum absolute atomic E-state index is 8.54. The van der Waals surface area contributed by atoms with E-state index in [-0.39, 0.29) is 5.54 Å². The molecule has 1 aliphatic heterocycles. The molecule has 3 rings (SSSR count). The molecule has 1 aromatic carbocycles. The van der Waals surface area contributed by atoms with Crippen LogP contribution in [0.3, 0.4) is 0 Å². The molecule has 0 aromatic heterocycles. The number of hydrogen-bond donors (Lipinski definition) is 0. The maximum atomic E-state index is 8.54. The molecule has 1 spiro atoms. The van der Waals surface area contributed by atoms with E-state index in [1.54, 1.807) is 0 Å². The summed E-state index contributed by atoms with van der Waals surface area (Å²) in [6, 6.07) is 11.0. The zero-order valence-electron chi connectivity index (χ0n) is 13.4. The van der Waals surface area contributed by atoms with Crippen molar-refractivity contribution in [1.82, 2.24) is 4.90 Å². The van der Waals surface area contributed by atoms with Crippen molar-refractivity contribution in [2.45, 2.75) is 69.9 Å². The van der Waals surface area contributed by atoms with Crippen molar-refractivity contribution in [2.75, 3.05) is 0 Å². The first-order valence-corrected chi connectivity index (χ1v) is 7.36. The molecule has 2 fully saturated rings. The molecule has 18 heavy (non-hydrogen) atoms. The summed E-state index contributed by atoms with van der Waals surface area (Å²) < 4.78 is 17.1. The Balaban J connectivity index is 1.91. The summed E-state index contributed by atoms with van der Waals surface area (Å²) in [4.78, 5) is 2.48. The lowest BCUT2D eigenvalue weighted by Crippen LogP contribution is -2.53. The second-order valence-electron chi connectivity index (χ2n) is 5.92. The number of likely N-dealkylation sites (tertiary alicyclic amines) is 1. The Bertz CT molecular complexity index is 459. The van der Waals surface area contributed by atoms with E-state index >= 15 is 0 Å². The SMILES string of the molecule is [2H]C1([2H])CCC[C@]12CCC[C@@H](C)N2Cc1ccccc1. The van der Waals surface area contributed by atoms with E-state index in [0.29, 0.717) is 6.04 Å². The quantitative estimate of drug-likeness (QED) is 0.747. The van der Waals surface area contributed by atoms with E-state index in [1.807, 2.05) is 6.07 Å². The molecule has 1 heterocycles. The van der Waals surface area contributed by atoms with Gasteiger partial charge in [-0.15, -0.1) is 0 Å². The van der Waals surface area contributed by atoms with Crippen molar-refractivity contribution in [1.29, 1.82) is 0 Å². The number of rotatable bonds is 2. The van der Waals surface area contributed by atoms with Crippen molar-refractivity contribution < 1.29 is 2.74 Å². The average molecular weight is 245 g/mol. The maximum Gasteiger partial charge on any atom is 0.0286 e. The van der Waals surface area contributed by atoms with Crippen molar-refractivity contribution in [3.8, 4) is 0 Å². The predicted octanol–water partition coefficient (Wildman–Crippen LogP) is 4.37. The summed E-state index contributed by atoms with van der Waals surface area (Å²) in [5.74, 6) is 0. The molecular weight excluding hydrogens is 218 g/mol. The normalized spacial score (nSPS) is 37.5. The van der Waals surface area contributed by atoms with Crippen LogP contribution in [0.5, 0.6) is 0 Å². The summed E-state index contributed by atoms with van der Waals surface area (Å²) >= 11 is 0. The van der Waals surface area contributed by atoms with Crippen molar-refractivity contribution in [3.05, 3.63) is 35.9 Å². The van der Waals surface area contributed by atoms with Crippen molar-refractivity contribution in [3.63, 3.8) is 0 Å². The molecule has 0 unspecified atom stereocenters. The monoisotopic (exact) mass is 245 g/mol. The Morgan fingerprint density at radius 1 is 1.22 bits per heavy atom. The molecule has 1 aromatic rings. The molecule has 0 N–H and O–H groups in total. The highest BCUT2D eigenvalue weighted by molar-refractivity contribution is 5.16. The molecule has 0 radical (unpaired) electrons. The highest BCUT2D eigenvalue weighted by Gasteiger charge is 2.43. The third-order valence-corrected chi connectivity index (χ3v) is 4.71. The van der Waals surface area contributed by atoms with Gasteiger partial charge in [0.15, 0.2) is 0 Å². The fourth-order valence-electron chi connectivity index (χ4n) is 3.75. The topological polar surface area (TPSA) is 3.24 Å². The van der Waals surface area contributed by atoms with Gasteiger partial charge in [-0.05, 0) is 38.1 Å². The minimum Gasteiger partial charge on any atom is -0.291 e. The van der Waals surface area contributed by atoms with E-state index in [0.717, 1.165) is 32.2 Å². The van der Waals surface area contributed by atoms with E-state index in [9.17, 15) is 0 Å². The van der Waals surface area contributed by atoms with Gasteiger partial charge in [-0.1, -0.05) is 49.6 Å². The summed E-state index contributed by atoms with van der Waals surface area (Å²) in [7, 11) is 0. The summed E-state index contributed by atoms with van der Waals surface area (Å²) in [5, 5.41) is 0. The molecule has 1 saturated carbocycles. The van der Waals surface area contributed by atoms with Crippen LogP contribution in [0.25, 0.3) is 0 Å². The Hall–Kier alpha value is -0.820. The second-order valence-corrected chi connectivity index (χ2v) is 5.92. The van der Waals surface area contributed by atoms with E-state index in [1.165, 1.54) is 18.4 Å². The first kappa shape index (κ1) is 10.0. The minimum absolute atomic E-state index is 0.222. The Morgan fingerprint density at radius 3 is 2.72 bits per heavy atom. The van der Waals surface area contributed by atoms with Crippen LogP contribution in [0.2, 0.25) is 0 Å². The number of hydrogen-bond acceptors (Lipinski definition) is 1. The first-order chi connectivity index (χ1) is 9.55. The van der Waals surface area contributed by atoms with Gasteiger partial charge in [0.1, 0.15) is 0 Å². The Morgan fingerprint density at radius 2 is 2.00 bits per heavy atom. The lowest BCUT2D eigenvalue weighted by atomic mass is 9.82.